The lowest BCUT2D eigenvalue weighted by molar-refractivity contribution is -0.394. The van der Waals surface area contributed by atoms with Crippen LogP contribution in [0, 0.1) is 20.2 Å². The highest BCUT2D eigenvalue weighted by molar-refractivity contribution is 9.10. The molecule has 0 heterocycles. The molecule has 2 rings (SSSR count). The number of hydrazone groups is 1. The summed E-state index contributed by atoms with van der Waals surface area (Å²) < 4.78 is 0.525. The van der Waals surface area contributed by atoms with Crippen molar-refractivity contribution in [2.75, 3.05) is 0 Å². The zero-order valence-electron chi connectivity index (χ0n) is 12.2. The van der Waals surface area contributed by atoms with Crippen LogP contribution in [0.15, 0.2) is 46.0 Å². The van der Waals surface area contributed by atoms with Gasteiger partial charge >= 0.3 is 5.69 Å². The highest BCUT2D eigenvalue weighted by Gasteiger charge is 2.23. The number of nitro groups is 2. The molecule has 2 aromatic rings. The fourth-order valence-corrected chi connectivity index (χ4v) is 2.30. The van der Waals surface area contributed by atoms with Gasteiger partial charge < -0.3 is 5.11 Å². The number of nitro benzene ring substituents is 2. The molecular weight excluding hydrogens is 400 g/mol. The number of benzene rings is 2. The summed E-state index contributed by atoms with van der Waals surface area (Å²) >= 11 is 3.19. The summed E-state index contributed by atoms with van der Waals surface area (Å²) in [6.45, 7) is 0. The largest absolute Gasteiger partial charge is 0.502 e. The normalized spacial score (nSPS) is 10.6. The third kappa shape index (κ3) is 4.14. The van der Waals surface area contributed by atoms with Gasteiger partial charge in [0.15, 0.2) is 0 Å². The number of aromatic hydroxyl groups is 1. The minimum atomic E-state index is -0.959. The van der Waals surface area contributed by atoms with Crippen molar-refractivity contribution in [2.45, 2.75) is 0 Å². The van der Waals surface area contributed by atoms with E-state index in [1.165, 1.54) is 6.07 Å². The maximum Gasteiger partial charge on any atom is 0.318 e. The van der Waals surface area contributed by atoms with Crippen molar-refractivity contribution in [3.8, 4) is 5.75 Å². The Morgan fingerprint density at radius 2 is 1.88 bits per heavy atom. The molecule has 0 aliphatic heterocycles. The fourth-order valence-electron chi connectivity index (χ4n) is 1.83. The second kappa shape index (κ2) is 7.49. The third-order valence-corrected chi connectivity index (χ3v) is 3.69. The first kappa shape index (κ1) is 18.0. The van der Waals surface area contributed by atoms with Gasteiger partial charge in [-0.2, -0.15) is 5.10 Å². The number of nitrogens with one attached hydrogen (secondary N) is 1. The topological polar surface area (TPSA) is 148 Å². The second-order valence-electron chi connectivity index (χ2n) is 4.60. The summed E-state index contributed by atoms with van der Waals surface area (Å²) in [7, 11) is 0. The number of amides is 1. The molecule has 0 atom stereocenters. The Labute approximate surface area is 148 Å². The number of nitrogens with zero attached hydrogens (tertiary/aromatic N) is 3. The molecule has 0 aliphatic carbocycles. The SMILES string of the molecule is O=C(N/N=C\c1cc([N+](=O)[O-])cc([N+](=O)[O-])c1O)c1ccccc1Br. The van der Waals surface area contributed by atoms with Crippen LogP contribution < -0.4 is 5.43 Å². The van der Waals surface area contributed by atoms with Gasteiger partial charge in [0.1, 0.15) is 0 Å². The van der Waals surface area contributed by atoms with Crippen molar-refractivity contribution in [1.29, 1.82) is 0 Å². The number of rotatable bonds is 5. The first-order valence-corrected chi connectivity index (χ1v) is 7.34. The molecule has 0 saturated heterocycles. The number of hydrogen-bond acceptors (Lipinski definition) is 7. The molecule has 2 N–H and O–H groups in total. The zero-order valence-corrected chi connectivity index (χ0v) is 13.8. The van der Waals surface area contributed by atoms with Gasteiger partial charge in [-0.1, -0.05) is 12.1 Å². The Morgan fingerprint density at radius 1 is 1.20 bits per heavy atom. The van der Waals surface area contributed by atoms with Crippen LogP contribution in [0.2, 0.25) is 0 Å². The number of carbonyl (C=O) groups is 1. The molecule has 0 bridgehead atoms. The van der Waals surface area contributed by atoms with Gasteiger partial charge in [-0.15, -0.1) is 0 Å². The third-order valence-electron chi connectivity index (χ3n) is 3.00. The Morgan fingerprint density at radius 3 is 2.48 bits per heavy atom. The van der Waals surface area contributed by atoms with Gasteiger partial charge in [-0.3, -0.25) is 25.0 Å². The standard InChI is InChI=1S/C14H9BrN4O6/c15-11-4-2-1-3-10(11)14(21)17-16-7-8-5-9(18(22)23)6-12(13(8)20)19(24)25/h1-7,20H,(H,17,21)/b16-7-. The first-order chi connectivity index (χ1) is 11.8. The number of halogens is 1. The molecule has 0 saturated carbocycles. The number of phenolic OH excluding ortho intramolecular Hbond substituents is 1. The van der Waals surface area contributed by atoms with E-state index in [0.717, 1.165) is 12.3 Å². The van der Waals surface area contributed by atoms with E-state index >= 15 is 0 Å². The van der Waals surface area contributed by atoms with Crippen LogP contribution in [0.3, 0.4) is 0 Å². The minimum absolute atomic E-state index is 0.284. The van der Waals surface area contributed by atoms with Gasteiger partial charge in [-0.25, -0.2) is 5.43 Å². The van der Waals surface area contributed by atoms with Crippen molar-refractivity contribution in [2.24, 2.45) is 5.10 Å². The summed E-state index contributed by atoms with van der Waals surface area (Å²) in [5.74, 6) is -1.38. The van der Waals surface area contributed by atoms with E-state index in [9.17, 15) is 30.1 Å². The predicted octanol–water partition coefficient (Wildman–Crippen LogP) is 2.74. The number of carbonyl (C=O) groups excluding carboxylic acids is 1. The van der Waals surface area contributed by atoms with Crippen molar-refractivity contribution < 1.29 is 19.7 Å². The van der Waals surface area contributed by atoms with E-state index < -0.39 is 32.9 Å². The van der Waals surface area contributed by atoms with Gasteiger partial charge in [0, 0.05) is 10.5 Å². The van der Waals surface area contributed by atoms with Crippen LogP contribution in [0.5, 0.6) is 5.75 Å². The van der Waals surface area contributed by atoms with E-state index in [4.69, 9.17) is 0 Å². The summed E-state index contributed by atoms with van der Waals surface area (Å²) in [4.78, 5) is 31.8. The van der Waals surface area contributed by atoms with Crippen molar-refractivity contribution in [1.82, 2.24) is 5.43 Å². The summed E-state index contributed by atoms with van der Waals surface area (Å²) in [5, 5.41) is 35.1. The lowest BCUT2D eigenvalue weighted by Gasteiger charge is -2.03. The zero-order chi connectivity index (χ0) is 18.6. The Kier molecular flexibility index (Phi) is 5.39. The lowest BCUT2D eigenvalue weighted by atomic mass is 10.1. The first-order valence-electron chi connectivity index (χ1n) is 6.55. The van der Waals surface area contributed by atoms with Crippen molar-refractivity contribution in [3.63, 3.8) is 0 Å². The average Bonchev–Trinajstić information content (AvgIpc) is 2.56. The molecule has 1 amide bonds. The molecule has 0 fully saturated rings. The lowest BCUT2D eigenvalue weighted by Crippen LogP contribution is -2.18. The molecule has 0 radical (unpaired) electrons. The molecule has 128 valence electrons. The summed E-state index contributed by atoms with van der Waals surface area (Å²) in [6, 6.07) is 8.06. The minimum Gasteiger partial charge on any atom is -0.502 e. The van der Waals surface area contributed by atoms with Crippen LogP contribution in [0.4, 0.5) is 11.4 Å². The number of hydrogen-bond donors (Lipinski definition) is 2. The van der Waals surface area contributed by atoms with Gasteiger partial charge in [0.25, 0.3) is 11.6 Å². The fraction of sp³-hybridized carbons (Fsp3) is 0. The van der Waals surface area contributed by atoms with E-state index in [2.05, 4.69) is 26.5 Å². The maximum atomic E-state index is 12.0. The Balaban J connectivity index is 2.29. The highest BCUT2D eigenvalue weighted by atomic mass is 79.9. The molecule has 0 spiro atoms. The van der Waals surface area contributed by atoms with Gasteiger partial charge in [0.05, 0.1) is 33.3 Å². The molecule has 2 aromatic carbocycles. The summed E-state index contributed by atoms with van der Waals surface area (Å²) in [5.41, 5.74) is 0.730. The van der Waals surface area contributed by atoms with Crippen LogP contribution >= 0.6 is 15.9 Å². The molecule has 0 unspecified atom stereocenters. The van der Waals surface area contributed by atoms with Crippen LogP contribution in [-0.2, 0) is 0 Å². The van der Waals surface area contributed by atoms with Gasteiger partial charge in [0.2, 0.25) is 5.75 Å². The summed E-state index contributed by atoms with van der Waals surface area (Å²) in [6.07, 6.45) is 0.879. The van der Waals surface area contributed by atoms with E-state index in [0.29, 0.717) is 10.5 Å². The predicted molar refractivity (Wildman–Crippen MR) is 90.6 cm³/mol. The molecule has 0 aromatic heterocycles. The second-order valence-corrected chi connectivity index (χ2v) is 5.45. The van der Waals surface area contributed by atoms with E-state index in [1.807, 2.05) is 0 Å². The smallest absolute Gasteiger partial charge is 0.318 e. The Hall–Kier alpha value is -3.34. The average molecular weight is 409 g/mol. The highest BCUT2D eigenvalue weighted by Crippen LogP contribution is 2.33. The van der Waals surface area contributed by atoms with E-state index in [-0.39, 0.29) is 11.1 Å². The molecule has 11 heteroatoms. The molecule has 10 nitrogen and oxygen atoms in total. The monoisotopic (exact) mass is 408 g/mol. The quantitative estimate of drug-likeness (QED) is 0.441. The van der Waals surface area contributed by atoms with Crippen LogP contribution in [-0.4, -0.2) is 27.1 Å². The van der Waals surface area contributed by atoms with Crippen LogP contribution in [0.1, 0.15) is 15.9 Å². The Bertz CT molecular complexity index is 899. The maximum absolute atomic E-state index is 12.0. The van der Waals surface area contributed by atoms with Crippen molar-refractivity contribution >= 4 is 39.4 Å². The molecular formula is C14H9BrN4O6. The molecule has 0 aliphatic rings. The number of phenols is 1. The van der Waals surface area contributed by atoms with Crippen LogP contribution in [0.25, 0.3) is 0 Å². The van der Waals surface area contributed by atoms with Crippen molar-refractivity contribution in [3.05, 3.63) is 72.2 Å². The number of non-ortho nitro benzene ring substituents is 1. The molecule has 25 heavy (non-hydrogen) atoms. The van der Waals surface area contributed by atoms with E-state index in [1.54, 1.807) is 18.2 Å². The van der Waals surface area contributed by atoms with Gasteiger partial charge in [-0.05, 0) is 28.1 Å².